The summed E-state index contributed by atoms with van der Waals surface area (Å²) in [7, 11) is 5.92. The molecule has 0 aliphatic rings. The highest BCUT2D eigenvalue weighted by Crippen LogP contribution is 2.19. The highest BCUT2D eigenvalue weighted by molar-refractivity contribution is 5.85. The van der Waals surface area contributed by atoms with Crippen LogP contribution in [0.2, 0.25) is 0 Å². The van der Waals surface area contributed by atoms with Gasteiger partial charge in [0.25, 0.3) is 0 Å². The first-order chi connectivity index (χ1) is 5.57. The number of anilines is 1. The van der Waals surface area contributed by atoms with Crippen LogP contribution in [0.25, 0.3) is 0 Å². The van der Waals surface area contributed by atoms with Crippen LogP contribution in [0, 0.1) is 6.92 Å². The lowest BCUT2D eigenvalue weighted by molar-refractivity contribution is 0.744. The molecule has 0 fully saturated rings. The Labute approximate surface area is 85.1 Å². The average Bonchev–Trinajstić information content (AvgIpc) is 2.24. The predicted molar refractivity (Wildman–Crippen MR) is 57.4 cm³/mol. The van der Waals surface area contributed by atoms with Gasteiger partial charge in [-0.2, -0.15) is 5.10 Å². The number of halogens is 1. The van der Waals surface area contributed by atoms with E-state index in [0.717, 1.165) is 17.1 Å². The Morgan fingerprint density at radius 2 is 2.00 bits per heavy atom. The third kappa shape index (κ3) is 2.14. The molecule has 0 unspecified atom stereocenters. The smallest absolute Gasteiger partial charge is 0.130 e. The fraction of sp³-hybridized carbons (Fsp3) is 0.625. The van der Waals surface area contributed by atoms with E-state index in [4.69, 9.17) is 5.73 Å². The largest absolute Gasteiger partial charge is 0.363 e. The zero-order valence-electron chi connectivity index (χ0n) is 8.53. The van der Waals surface area contributed by atoms with E-state index in [0.29, 0.717) is 6.54 Å². The Balaban J connectivity index is 0.00000144. The van der Waals surface area contributed by atoms with Crippen molar-refractivity contribution in [3.8, 4) is 0 Å². The summed E-state index contributed by atoms with van der Waals surface area (Å²) in [6.45, 7) is 2.53. The molecule has 0 amide bonds. The molecule has 0 saturated heterocycles. The van der Waals surface area contributed by atoms with E-state index in [1.54, 1.807) is 0 Å². The highest BCUT2D eigenvalue weighted by Gasteiger charge is 2.12. The van der Waals surface area contributed by atoms with Crippen molar-refractivity contribution in [2.24, 2.45) is 12.8 Å². The molecule has 76 valence electrons. The van der Waals surface area contributed by atoms with Crippen molar-refractivity contribution in [3.05, 3.63) is 11.3 Å². The first-order valence-corrected chi connectivity index (χ1v) is 3.97. The Kier molecular flexibility index (Phi) is 4.23. The summed E-state index contributed by atoms with van der Waals surface area (Å²) in [5, 5.41) is 4.30. The van der Waals surface area contributed by atoms with Crippen LogP contribution >= 0.6 is 12.4 Å². The molecule has 0 atom stereocenters. The van der Waals surface area contributed by atoms with Crippen molar-refractivity contribution < 1.29 is 0 Å². The Morgan fingerprint density at radius 3 is 2.31 bits per heavy atom. The van der Waals surface area contributed by atoms with Gasteiger partial charge in [0.2, 0.25) is 0 Å². The molecule has 13 heavy (non-hydrogen) atoms. The topological polar surface area (TPSA) is 47.1 Å². The lowest BCUT2D eigenvalue weighted by atomic mass is 10.2. The Hall–Kier alpha value is -0.740. The van der Waals surface area contributed by atoms with Crippen molar-refractivity contribution in [3.63, 3.8) is 0 Å². The second kappa shape index (κ2) is 4.48. The summed E-state index contributed by atoms with van der Waals surface area (Å²) < 4.78 is 1.86. The zero-order valence-corrected chi connectivity index (χ0v) is 9.35. The fourth-order valence-electron chi connectivity index (χ4n) is 1.49. The van der Waals surface area contributed by atoms with E-state index < -0.39 is 0 Å². The van der Waals surface area contributed by atoms with Crippen LogP contribution in [0.3, 0.4) is 0 Å². The molecule has 5 heteroatoms. The quantitative estimate of drug-likeness (QED) is 0.771. The van der Waals surface area contributed by atoms with Gasteiger partial charge in [0, 0.05) is 33.3 Å². The summed E-state index contributed by atoms with van der Waals surface area (Å²) in [5.74, 6) is 1.09. The first-order valence-electron chi connectivity index (χ1n) is 3.97. The molecule has 0 spiro atoms. The van der Waals surface area contributed by atoms with Crippen LogP contribution in [-0.2, 0) is 13.6 Å². The predicted octanol–water partition coefficient (Wildman–Crippen LogP) is 0.675. The number of aryl methyl sites for hydroxylation is 2. The van der Waals surface area contributed by atoms with E-state index in [1.165, 1.54) is 0 Å². The molecule has 2 N–H and O–H groups in total. The number of hydrogen-bond donors (Lipinski definition) is 1. The normalized spacial score (nSPS) is 9.62. The van der Waals surface area contributed by atoms with Gasteiger partial charge >= 0.3 is 0 Å². The number of rotatable bonds is 2. The van der Waals surface area contributed by atoms with Gasteiger partial charge in [-0.25, -0.2) is 0 Å². The molecular formula is C8H17ClN4. The molecule has 1 aromatic heterocycles. The minimum Gasteiger partial charge on any atom is -0.363 e. The molecule has 0 aliphatic carbocycles. The van der Waals surface area contributed by atoms with Crippen LogP contribution < -0.4 is 10.6 Å². The van der Waals surface area contributed by atoms with Crippen molar-refractivity contribution in [1.82, 2.24) is 9.78 Å². The van der Waals surface area contributed by atoms with Gasteiger partial charge in [0.1, 0.15) is 5.82 Å². The molecule has 0 aliphatic heterocycles. The van der Waals surface area contributed by atoms with Crippen LogP contribution in [0.15, 0.2) is 0 Å². The van der Waals surface area contributed by atoms with Gasteiger partial charge in [-0.15, -0.1) is 12.4 Å². The number of nitrogens with zero attached hydrogens (tertiary/aromatic N) is 3. The summed E-state index contributed by atoms with van der Waals surface area (Å²) in [6, 6.07) is 0. The molecule has 1 heterocycles. The lowest BCUT2D eigenvalue weighted by Crippen LogP contribution is -2.16. The second-order valence-electron chi connectivity index (χ2n) is 3.11. The van der Waals surface area contributed by atoms with Gasteiger partial charge in [0.05, 0.1) is 5.69 Å². The van der Waals surface area contributed by atoms with Crippen LogP contribution in [0.1, 0.15) is 11.3 Å². The highest BCUT2D eigenvalue weighted by atomic mass is 35.5. The van der Waals surface area contributed by atoms with Gasteiger partial charge in [0.15, 0.2) is 0 Å². The van der Waals surface area contributed by atoms with Gasteiger partial charge in [-0.1, -0.05) is 0 Å². The van der Waals surface area contributed by atoms with Gasteiger partial charge in [-0.05, 0) is 6.92 Å². The average molecular weight is 205 g/mol. The second-order valence-corrected chi connectivity index (χ2v) is 3.11. The summed E-state index contributed by atoms with van der Waals surface area (Å²) in [5.41, 5.74) is 7.77. The minimum atomic E-state index is 0. The molecule has 0 radical (unpaired) electrons. The number of aromatic nitrogens is 2. The number of hydrogen-bond acceptors (Lipinski definition) is 3. The molecule has 1 rings (SSSR count). The summed E-state index contributed by atoms with van der Waals surface area (Å²) in [4.78, 5) is 2.03. The SMILES string of the molecule is Cc1nn(C)c(N(C)C)c1CN.Cl. The molecule has 0 saturated carbocycles. The van der Waals surface area contributed by atoms with Crippen LogP contribution in [-0.4, -0.2) is 23.9 Å². The minimum absolute atomic E-state index is 0. The van der Waals surface area contributed by atoms with Crippen molar-refractivity contribution in [2.75, 3.05) is 19.0 Å². The van der Waals surface area contributed by atoms with Crippen molar-refractivity contribution in [2.45, 2.75) is 13.5 Å². The third-order valence-electron chi connectivity index (χ3n) is 1.94. The lowest BCUT2D eigenvalue weighted by Gasteiger charge is -2.14. The van der Waals surface area contributed by atoms with Crippen LogP contribution in [0.5, 0.6) is 0 Å². The van der Waals surface area contributed by atoms with E-state index in [2.05, 4.69) is 5.10 Å². The van der Waals surface area contributed by atoms with Crippen molar-refractivity contribution >= 4 is 18.2 Å². The third-order valence-corrected chi connectivity index (χ3v) is 1.94. The van der Waals surface area contributed by atoms with Crippen LogP contribution in [0.4, 0.5) is 5.82 Å². The maximum atomic E-state index is 5.62. The maximum absolute atomic E-state index is 5.62. The van der Waals surface area contributed by atoms with E-state index >= 15 is 0 Å². The molecular weight excluding hydrogens is 188 g/mol. The number of nitrogens with two attached hydrogens (primary N) is 1. The zero-order chi connectivity index (χ0) is 9.30. The molecule has 4 nitrogen and oxygen atoms in total. The van der Waals surface area contributed by atoms with Gasteiger partial charge in [-0.3, -0.25) is 4.68 Å². The van der Waals surface area contributed by atoms with E-state index in [-0.39, 0.29) is 12.4 Å². The van der Waals surface area contributed by atoms with E-state index in [9.17, 15) is 0 Å². The van der Waals surface area contributed by atoms with E-state index in [1.807, 2.05) is 37.6 Å². The van der Waals surface area contributed by atoms with Gasteiger partial charge < -0.3 is 10.6 Å². The monoisotopic (exact) mass is 204 g/mol. The van der Waals surface area contributed by atoms with Crippen molar-refractivity contribution in [1.29, 1.82) is 0 Å². The molecule has 0 bridgehead atoms. The molecule has 1 aromatic rings. The first kappa shape index (κ1) is 12.3. The summed E-state index contributed by atoms with van der Waals surface area (Å²) >= 11 is 0. The molecule has 0 aromatic carbocycles. The maximum Gasteiger partial charge on any atom is 0.130 e. The standard InChI is InChI=1S/C8H16N4.ClH/c1-6-7(5-9)8(11(2)3)12(4)10-6;/h5,9H2,1-4H3;1H. The Bertz CT molecular complexity index is 280. The Morgan fingerprint density at radius 1 is 1.46 bits per heavy atom. The summed E-state index contributed by atoms with van der Waals surface area (Å²) in [6.07, 6.45) is 0. The fourth-order valence-corrected chi connectivity index (χ4v) is 1.49.